The lowest BCUT2D eigenvalue weighted by Gasteiger charge is -2.24. The second kappa shape index (κ2) is 2.95. The number of benzene rings is 1. The van der Waals surface area contributed by atoms with Crippen molar-refractivity contribution >= 4 is 11.4 Å². The first kappa shape index (κ1) is 8.42. The normalized spacial score (nSPS) is 15.2. The van der Waals surface area contributed by atoms with Crippen LogP contribution >= 0.6 is 0 Å². The highest BCUT2D eigenvalue weighted by Crippen LogP contribution is 2.31. The van der Waals surface area contributed by atoms with Crippen LogP contribution in [0.3, 0.4) is 0 Å². The molecule has 0 saturated heterocycles. The molecule has 0 radical (unpaired) electrons. The van der Waals surface area contributed by atoms with Crippen LogP contribution < -0.4 is 10.6 Å². The summed E-state index contributed by atoms with van der Waals surface area (Å²) in [6.45, 7) is 5.58. The van der Waals surface area contributed by atoms with Crippen LogP contribution in [-0.4, -0.2) is 12.6 Å². The molecule has 1 aromatic rings. The summed E-state index contributed by atoms with van der Waals surface area (Å²) in [5, 5.41) is 0. The van der Waals surface area contributed by atoms with Gasteiger partial charge in [0.25, 0.3) is 0 Å². The lowest BCUT2D eigenvalue weighted by molar-refractivity contribution is 0.710. The standard InChI is InChI=1S/C11H16N2/c1-8(2)13-6-5-9-3-4-10(12)7-11(9)13/h3-4,7-8H,5-6,12H2,1-2H3. The number of hydrogen-bond acceptors (Lipinski definition) is 2. The Morgan fingerprint density at radius 1 is 1.38 bits per heavy atom. The van der Waals surface area contributed by atoms with Crippen LogP contribution in [0.25, 0.3) is 0 Å². The topological polar surface area (TPSA) is 29.3 Å². The molecule has 13 heavy (non-hydrogen) atoms. The van der Waals surface area contributed by atoms with Crippen molar-refractivity contribution in [3.63, 3.8) is 0 Å². The van der Waals surface area contributed by atoms with Gasteiger partial charge < -0.3 is 10.6 Å². The predicted octanol–water partition coefficient (Wildman–Crippen LogP) is 2.04. The fourth-order valence-corrected chi connectivity index (χ4v) is 1.96. The summed E-state index contributed by atoms with van der Waals surface area (Å²) in [4.78, 5) is 2.41. The number of hydrogen-bond donors (Lipinski definition) is 1. The zero-order valence-corrected chi connectivity index (χ0v) is 8.25. The quantitative estimate of drug-likeness (QED) is 0.663. The van der Waals surface area contributed by atoms with E-state index in [1.807, 2.05) is 6.07 Å². The summed E-state index contributed by atoms with van der Waals surface area (Å²) in [5.74, 6) is 0. The Hall–Kier alpha value is -1.18. The van der Waals surface area contributed by atoms with Crippen LogP contribution in [0.1, 0.15) is 19.4 Å². The second-order valence-electron chi connectivity index (χ2n) is 3.93. The predicted molar refractivity (Wildman–Crippen MR) is 57.0 cm³/mol. The fraction of sp³-hybridized carbons (Fsp3) is 0.455. The molecule has 1 aromatic carbocycles. The summed E-state index contributed by atoms with van der Waals surface area (Å²) in [6, 6.07) is 6.79. The first-order chi connectivity index (χ1) is 6.18. The SMILES string of the molecule is CC(C)N1CCc2ccc(N)cc21. The molecule has 0 saturated carbocycles. The van der Waals surface area contributed by atoms with Gasteiger partial charge in [-0.15, -0.1) is 0 Å². The Balaban J connectivity index is 2.40. The summed E-state index contributed by atoms with van der Waals surface area (Å²) >= 11 is 0. The number of nitrogens with two attached hydrogens (primary N) is 1. The third-order valence-electron chi connectivity index (χ3n) is 2.66. The lowest BCUT2D eigenvalue weighted by Crippen LogP contribution is -2.28. The van der Waals surface area contributed by atoms with Gasteiger partial charge in [0, 0.05) is 24.0 Å². The van der Waals surface area contributed by atoms with Crippen LogP contribution in [0, 0.1) is 0 Å². The van der Waals surface area contributed by atoms with Gasteiger partial charge in [0.2, 0.25) is 0 Å². The van der Waals surface area contributed by atoms with E-state index < -0.39 is 0 Å². The number of nitrogen functional groups attached to an aromatic ring is 1. The molecule has 70 valence electrons. The minimum absolute atomic E-state index is 0.572. The minimum Gasteiger partial charge on any atom is -0.399 e. The molecule has 0 aliphatic carbocycles. The maximum Gasteiger partial charge on any atom is 0.0422 e. The average molecular weight is 176 g/mol. The molecule has 0 amide bonds. The maximum atomic E-state index is 5.77. The van der Waals surface area contributed by atoms with Crippen LogP contribution in [0.5, 0.6) is 0 Å². The molecule has 1 aliphatic rings. The van der Waals surface area contributed by atoms with Gasteiger partial charge in [0.15, 0.2) is 0 Å². The van der Waals surface area contributed by atoms with Gasteiger partial charge >= 0.3 is 0 Å². The van der Waals surface area contributed by atoms with Gasteiger partial charge in [-0.3, -0.25) is 0 Å². The largest absolute Gasteiger partial charge is 0.399 e. The van der Waals surface area contributed by atoms with Crippen molar-refractivity contribution in [3.05, 3.63) is 23.8 Å². The maximum absolute atomic E-state index is 5.77. The molecule has 2 nitrogen and oxygen atoms in total. The Morgan fingerprint density at radius 3 is 2.85 bits per heavy atom. The number of anilines is 2. The molecule has 1 aliphatic heterocycles. The van der Waals surface area contributed by atoms with Crippen LogP contribution in [-0.2, 0) is 6.42 Å². The lowest BCUT2D eigenvalue weighted by atomic mass is 10.1. The molecular formula is C11H16N2. The summed E-state index contributed by atoms with van der Waals surface area (Å²) in [5.41, 5.74) is 9.40. The van der Waals surface area contributed by atoms with Crippen molar-refractivity contribution < 1.29 is 0 Å². The third kappa shape index (κ3) is 1.37. The summed E-state index contributed by atoms with van der Waals surface area (Å²) in [6.07, 6.45) is 1.16. The van der Waals surface area contributed by atoms with Crippen molar-refractivity contribution in [1.82, 2.24) is 0 Å². The zero-order valence-electron chi connectivity index (χ0n) is 8.25. The smallest absolute Gasteiger partial charge is 0.0422 e. The van der Waals surface area contributed by atoms with Crippen molar-refractivity contribution in [2.75, 3.05) is 17.2 Å². The van der Waals surface area contributed by atoms with Crippen LogP contribution in [0.15, 0.2) is 18.2 Å². The van der Waals surface area contributed by atoms with Crippen LogP contribution in [0.2, 0.25) is 0 Å². The Labute approximate surface area is 79.4 Å². The molecule has 0 unspecified atom stereocenters. The van der Waals surface area contributed by atoms with Gasteiger partial charge in [-0.1, -0.05) is 6.07 Å². The first-order valence-electron chi connectivity index (χ1n) is 4.83. The Morgan fingerprint density at radius 2 is 2.15 bits per heavy atom. The zero-order chi connectivity index (χ0) is 9.42. The van der Waals surface area contributed by atoms with E-state index in [1.54, 1.807) is 0 Å². The molecule has 2 heteroatoms. The fourth-order valence-electron chi connectivity index (χ4n) is 1.96. The highest BCUT2D eigenvalue weighted by molar-refractivity contribution is 5.64. The number of fused-ring (bicyclic) bond motifs is 1. The van der Waals surface area contributed by atoms with E-state index in [0.717, 1.165) is 18.7 Å². The molecule has 2 N–H and O–H groups in total. The van der Waals surface area contributed by atoms with Crippen molar-refractivity contribution in [3.8, 4) is 0 Å². The molecule has 0 aromatic heterocycles. The Kier molecular flexibility index (Phi) is 1.91. The van der Waals surface area contributed by atoms with E-state index in [0.29, 0.717) is 6.04 Å². The van der Waals surface area contributed by atoms with Gasteiger partial charge in [0.1, 0.15) is 0 Å². The van der Waals surface area contributed by atoms with E-state index in [9.17, 15) is 0 Å². The average Bonchev–Trinajstić information content (AvgIpc) is 2.46. The molecule has 0 atom stereocenters. The second-order valence-corrected chi connectivity index (χ2v) is 3.93. The molecule has 0 bridgehead atoms. The van der Waals surface area contributed by atoms with Crippen molar-refractivity contribution in [1.29, 1.82) is 0 Å². The summed E-state index contributed by atoms with van der Waals surface area (Å²) < 4.78 is 0. The van der Waals surface area contributed by atoms with Crippen molar-refractivity contribution in [2.24, 2.45) is 0 Å². The van der Waals surface area contributed by atoms with E-state index in [-0.39, 0.29) is 0 Å². The van der Waals surface area contributed by atoms with Gasteiger partial charge in [-0.2, -0.15) is 0 Å². The first-order valence-corrected chi connectivity index (χ1v) is 4.83. The third-order valence-corrected chi connectivity index (χ3v) is 2.66. The molecule has 0 fully saturated rings. The molecular weight excluding hydrogens is 160 g/mol. The van der Waals surface area contributed by atoms with Crippen LogP contribution in [0.4, 0.5) is 11.4 Å². The number of rotatable bonds is 1. The van der Waals surface area contributed by atoms with Gasteiger partial charge in [0.05, 0.1) is 0 Å². The van der Waals surface area contributed by atoms with E-state index in [4.69, 9.17) is 5.73 Å². The Bertz CT molecular complexity index is 318. The monoisotopic (exact) mass is 176 g/mol. The molecule has 1 heterocycles. The van der Waals surface area contributed by atoms with E-state index in [1.165, 1.54) is 11.3 Å². The number of nitrogens with zero attached hydrogens (tertiary/aromatic N) is 1. The highest BCUT2D eigenvalue weighted by atomic mass is 15.2. The van der Waals surface area contributed by atoms with Crippen molar-refractivity contribution in [2.45, 2.75) is 26.3 Å². The van der Waals surface area contributed by atoms with Gasteiger partial charge in [-0.25, -0.2) is 0 Å². The van der Waals surface area contributed by atoms with E-state index >= 15 is 0 Å². The summed E-state index contributed by atoms with van der Waals surface area (Å²) in [7, 11) is 0. The minimum atomic E-state index is 0.572. The molecule has 0 spiro atoms. The molecule has 2 rings (SSSR count). The highest BCUT2D eigenvalue weighted by Gasteiger charge is 2.20. The van der Waals surface area contributed by atoms with E-state index in [2.05, 4.69) is 30.9 Å². The van der Waals surface area contributed by atoms with Gasteiger partial charge in [-0.05, 0) is 38.0 Å².